The summed E-state index contributed by atoms with van der Waals surface area (Å²) < 4.78 is 15.9. The van der Waals surface area contributed by atoms with E-state index in [-0.39, 0.29) is 29.6 Å². The maximum absolute atomic E-state index is 12.8. The molecular formula is C25H21ClN2O5S. The number of benzene rings is 2. The lowest BCUT2D eigenvalue weighted by Crippen LogP contribution is -2.11. The molecule has 2 aromatic carbocycles. The summed E-state index contributed by atoms with van der Waals surface area (Å²) >= 11 is 7.60. The number of nitrogens with zero attached hydrogens (tertiary/aromatic N) is 1. The highest BCUT2D eigenvalue weighted by Crippen LogP contribution is 2.30. The molecule has 4 rings (SSSR count). The molecule has 34 heavy (non-hydrogen) atoms. The van der Waals surface area contributed by atoms with E-state index in [1.165, 1.54) is 7.11 Å². The molecule has 2 aromatic heterocycles. The van der Waals surface area contributed by atoms with Crippen molar-refractivity contribution < 1.29 is 19.0 Å². The van der Waals surface area contributed by atoms with Crippen molar-refractivity contribution in [3.63, 3.8) is 0 Å². The van der Waals surface area contributed by atoms with E-state index in [2.05, 4.69) is 9.97 Å². The van der Waals surface area contributed by atoms with Gasteiger partial charge in [0.15, 0.2) is 5.82 Å². The largest absolute Gasteiger partial charge is 0.459 e. The van der Waals surface area contributed by atoms with Gasteiger partial charge in [-0.2, -0.15) is 0 Å². The van der Waals surface area contributed by atoms with E-state index in [1.807, 2.05) is 54.6 Å². The number of carbonyl (C=O) groups is 1. The van der Waals surface area contributed by atoms with Gasteiger partial charge in [-0.3, -0.25) is 4.79 Å². The van der Waals surface area contributed by atoms with Gasteiger partial charge in [0.2, 0.25) is 0 Å². The number of rotatable bonds is 8. The van der Waals surface area contributed by atoms with Crippen molar-refractivity contribution in [2.45, 2.75) is 6.92 Å². The summed E-state index contributed by atoms with van der Waals surface area (Å²) in [5.41, 5.74) is 0.914. The average Bonchev–Trinajstić information content (AvgIpc) is 3.17. The quantitative estimate of drug-likeness (QED) is 0.251. The lowest BCUT2D eigenvalue weighted by atomic mass is 10.2. The maximum atomic E-state index is 12.8. The van der Waals surface area contributed by atoms with Gasteiger partial charge >= 0.3 is 5.97 Å². The Kier molecular flexibility index (Phi) is 7.42. The molecule has 0 spiro atoms. The van der Waals surface area contributed by atoms with Gasteiger partial charge in [0.05, 0.1) is 17.0 Å². The molecule has 0 aliphatic carbocycles. The van der Waals surface area contributed by atoms with Crippen molar-refractivity contribution in [2.75, 3.05) is 20.3 Å². The van der Waals surface area contributed by atoms with Crippen LogP contribution >= 0.6 is 22.9 Å². The Bertz CT molecular complexity index is 1410. The molecule has 7 nitrogen and oxygen atoms in total. The summed E-state index contributed by atoms with van der Waals surface area (Å²) in [5, 5.41) is 0.585. The van der Waals surface area contributed by atoms with Gasteiger partial charge in [0.1, 0.15) is 27.8 Å². The smallest absolute Gasteiger partial charge is 0.348 e. The zero-order valence-electron chi connectivity index (χ0n) is 18.5. The third-order valence-electron chi connectivity index (χ3n) is 4.86. The molecule has 0 aliphatic rings. The molecule has 0 unspecified atom stereocenters. The number of para-hydroxylation sites is 1. The highest BCUT2D eigenvalue weighted by Gasteiger charge is 2.21. The van der Waals surface area contributed by atoms with Crippen molar-refractivity contribution in [1.82, 2.24) is 9.97 Å². The first kappa shape index (κ1) is 23.7. The highest BCUT2D eigenvalue weighted by molar-refractivity contribution is 7.20. The SMILES string of the molecule is COCCOC(=O)c1sc2nc(/C(Cl)=C/c3cccc(Oc4ccccc4)c3)[nH]c(=O)c2c1C. The Morgan fingerprint density at radius 2 is 1.88 bits per heavy atom. The topological polar surface area (TPSA) is 90.5 Å². The second-order valence-corrected chi connectivity index (χ2v) is 8.67. The van der Waals surface area contributed by atoms with Crippen LogP contribution in [0.15, 0.2) is 59.4 Å². The van der Waals surface area contributed by atoms with Crippen LogP contribution in [0.4, 0.5) is 0 Å². The molecule has 4 aromatic rings. The first-order valence-corrected chi connectivity index (χ1v) is 11.6. The summed E-state index contributed by atoms with van der Waals surface area (Å²) in [7, 11) is 1.52. The van der Waals surface area contributed by atoms with E-state index < -0.39 is 5.97 Å². The molecule has 0 aliphatic heterocycles. The Balaban J connectivity index is 1.61. The minimum Gasteiger partial charge on any atom is -0.459 e. The van der Waals surface area contributed by atoms with Crippen LogP contribution in [0.5, 0.6) is 11.5 Å². The molecule has 0 saturated heterocycles. The molecule has 2 heterocycles. The molecule has 9 heteroatoms. The number of ether oxygens (including phenoxy) is 3. The van der Waals surface area contributed by atoms with Crippen LogP contribution in [-0.4, -0.2) is 36.3 Å². The fourth-order valence-electron chi connectivity index (χ4n) is 3.24. The number of nitrogens with one attached hydrogen (secondary N) is 1. The number of halogens is 1. The highest BCUT2D eigenvalue weighted by atomic mass is 35.5. The molecule has 0 bridgehead atoms. The molecular weight excluding hydrogens is 476 g/mol. The van der Waals surface area contributed by atoms with Crippen LogP contribution in [0.3, 0.4) is 0 Å². The first-order valence-electron chi connectivity index (χ1n) is 10.4. The predicted molar refractivity (Wildman–Crippen MR) is 134 cm³/mol. The maximum Gasteiger partial charge on any atom is 0.348 e. The number of hydrogen-bond acceptors (Lipinski definition) is 7. The van der Waals surface area contributed by atoms with E-state index in [4.69, 9.17) is 25.8 Å². The Hall–Kier alpha value is -3.46. The fourth-order valence-corrected chi connectivity index (χ4v) is 4.53. The van der Waals surface area contributed by atoms with Gasteiger partial charge in [0, 0.05) is 7.11 Å². The summed E-state index contributed by atoms with van der Waals surface area (Å²) in [6.45, 7) is 2.11. The third kappa shape index (κ3) is 5.36. The van der Waals surface area contributed by atoms with Crippen LogP contribution in [0.2, 0.25) is 0 Å². The summed E-state index contributed by atoms with van der Waals surface area (Å²) in [6.07, 6.45) is 1.68. The van der Waals surface area contributed by atoms with E-state index in [1.54, 1.807) is 13.0 Å². The number of aromatic nitrogens is 2. The van der Waals surface area contributed by atoms with Gasteiger partial charge in [0.25, 0.3) is 5.56 Å². The molecule has 0 atom stereocenters. The average molecular weight is 497 g/mol. The molecule has 0 radical (unpaired) electrons. The van der Waals surface area contributed by atoms with Crippen molar-refractivity contribution in [3.05, 3.63) is 86.8 Å². The van der Waals surface area contributed by atoms with Crippen molar-refractivity contribution >= 4 is 50.2 Å². The number of thiophene rings is 1. The monoisotopic (exact) mass is 496 g/mol. The molecule has 0 fully saturated rings. The van der Waals surface area contributed by atoms with Crippen LogP contribution in [0.1, 0.15) is 26.6 Å². The number of methoxy groups -OCH3 is 1. The van der Waals surface area contributed by atoms with Crippen LogP contribution < -0.4 is 10.3 Å². The second kappa shape index (κ2) is 10.6. The third-order valence-corrected chi connectivity index (χ3v) is 6.32. The molecule has 0 amide bonds. The summed E-state index contributed by atoms with van der Waals surface area (Å²) in [5.74, 6) is 1.05. The fraction of sp³-hybridized carbons (Fsp3) is 0.160. The number of aryl methyl sites for hydroxylation is 1. The van der Waals surface area contributed by atoms with Crippen molar-refractivity contribution in [2.24, 2.45) is 0 Å². The number of fused-ring (bicyclic) bond motifs is 1. The van der Waals surface area contributed by atoms with E-state index in [0.717, 1.165) is 22.6 Å². The number of H-pyrrole nitrogens is 1. The minimum absolute atomic E-state index is 0.125. The molecule has 1 N–H and O–H groups in total. The van der Waals surface area contributed by atoms with Gasteiger partial charge < -0.3 is 19.2 Å². The van der Waals surface area contributed by atoms with Gasteiger partial charge in [-0.05, 0) is 48.4 Å². The Labute approximate surface area is 204 Å². The number of esters is 1. The lowest BCUT2D eigenvalue weighted by Gasteiger charge is -2.06. The number of hydrogen-bond donors (Lipinski definition) is 1. The normalized spacial score (nSPS) is 11.6. The zero-order chi connectivity index (χ0) is 24.1. The van der Waals surface area contributed by atoms with Crippen molar-refractivity contribution in [3.8, 4) is 11.5 Å². The lowest BCUT2D eigenvalue weighted by molar-refractivity contribution is 0.0393. The van der Waals surface area contributed by atoms with Crippen LogP contribution in [0.25, 0.3) is 21.3 Å². The minimum atomic E-state index is -0.518. The number of aromatic amines is 1. The van der Waals surface area contributed by atoms with E-state index in [9.17, 15) is 9.59 Å². The summed E-state index contributed by atoms with van der Waals surface area (Å²) in [4.78, 5) is 33.1. The van der Waals surface area contributed by atoms with E-state index in [0.29, 0.717) is 26.4 Å². The first-order chi connectivity index (χ1) is 16.5. The Morgan fingerprint density at radius 1 is 1.12 bits per heavy atom. The van der Waals surface area contributed by atoms with Crippen LogP contribution in [0, 0.1) is 6.92 Å². The van der Waals surface area contributed by atoms with Crippen LogP contribution in [-0.2, 0) is 9.47 Å². The Morgan fingerprint density at radius 3 is 2.65 bits per heavy atom. The van der Waals surface area contributed by atoms with Gasteiger partial charge in [-0.15, -0.1) is 11.3 Å². The molecule has 0 saturated carbocycles. The standard InChI is InChI=1S/C25H21ClN2O5S/c1-15-20-23(29)27-22(28-24(20)34-21(15)25(30)32-12-11-31-2)19(26)14-16-7-6-10-18(13-16)33-17-8-4-3-5-9-17/h3-10,13-14H,11-12H2,1-2H3,(H,27,28,29)/b19-14-. The second-order valence-electron chi connectivity index (χ2n) is 7.26. The number of carbonyl (C=O) groups excluding carboxylic acids is 1. The molecule has 174 valence electrons. The summed E-state index contributed by atoms with van der Waals surface area (Å²) in [6, 6.07) is 16.8. The van der Waals surface area contributed by atoms with E-state index >= 15 is 0 Å². The van der Waals surface area contributed by atoms with Gasteiger partial charge in [-0.1, -0.05) is 41.9 Å². The van der Waals surface area contributed by atoms with Crippen molar-refractivity contribution in [1.29, 1.82) is 0 Å². The zero-order valence-corrected chi connectivity index (χ0v) is 20.0. The van der Waals surface area contributed by atoms with Gasteiger partial charge in [-0.25, -0.2) is 9.78 Å². The predicted octanol–water partition coefficient (Wildman–Crippen LogP) is 5.63.